The molecule has 0 fully saturated rings. The van der Waals surface area contributed by atoms with E-state index in [0.717, 1.165) is 22.5 Å². The summed E-state index contributed by atoms with van der Waals surface area (Å²) in [6, 6.07) is 16.2. The molecule has 0 amide bonds. The van der Waals surface area contributed by atoms with Crippen LogP contribution < -0.4 is 10.1 Å². The smallest absolute Gasteiger partial charge is 0.119 e. The van der Waals surface area contributed by atoms with E-state index in [4.69, 9.17) is 4.74 Å². The fourth-order valence-electron chi connectivity index (χ4n) is 1.46. The molecule has 2 nitrogen and oxygen atoms in total. The predicted octanol–water partition coefficient (Wildman–Crippen LogP) is 4.54. The molecular formula is C14H13BrINO. The molecule has 0 aromatic heterocycles. The zero-order chi connectivity index (χ0) is 12.8. The fraction of sp³-hybridized carbons (Fsp3) is 0.143. The Morgan fingerprint density at radius 2 is 1.67 bits per heavy atom. The number of benzene rings is 2. The van der Waals surface area contributed by atoms with Gasteiger partial charge in [-0.25, -0.2) is 0 Å². The molecule has 0 bridgehead atoms. The Morgan fingerprint density at radius 1 is 1.00 bits per heavy atom. The highest BCUT2D eigenvalue weighted by molar-refractivity contribution is 14.1. The first-order valence-electron chi connectivity index (χ1n) is 5.62. The Hall–Kier alpha value is -0.750. The largest absolute Gasteiger partial charge is 0.492 e. The van der Waals surface area contributed by atoms with Crippen LogP contribution in [0.15, 0.2) is 53.0 Å². The van der Waals surface area contributed by atoms with Gasteiger partial charge in [-0.15, -0.1) is 0 Å². The van der Waals surface area contributed by atoms with Gasteiger partial charge in [0, 0.05) is 20.3 Å². The standard InChI is InChI=1S/C14H13BrINO/c15-11-1-7-14(8-2-11)18-10-9-17-13-5-3-12(16)4-6-13/h1-8,17H,9-10H2. The summed E-state index contributed by atoms with van der Waals surface area (Å²) in [5.74, 6) is 0.891. The van der Waals surface area contributed by atoms with E-state index in [0.29, 0.717) is 6.61 Å². The van der Waals surface area contributed by atoms with Crippen LogP contribution in [0.3, 0.4) is 0 Å². The minimum atomic E-state index is 0.646. The Labute approximate surface area is 129 Å². The Bertz CT molecular complexity index is 437. The van der Waals surface area contributed by atoms with Crippen molar-refractivity contribution in [2.45, 2.75) is 0 Å². The van der Waals surface area contributed by atoms with Crippen molar-refractivity contribution >= 4 is 44.2 Å². The van der Waals surface area contributed by atoms with Gasteiger partial charge in [-0.05, 0) is 71.1 Å². The number of hydrogen-bond donors (Lipinski definition) is 1. The van der Waals surface area contributed by atoms with Crippen molar-refractivity contribution in [1.29, 1.82) is 0 Å². The molecule has 2 aromatic rings. The lowest BCUT2D eigenvalue weighted by Crippen LogP contribution is -2.11. The van der Waals surface area contributed by atoms with Gasteiger partial charge in [0.2, 0.25) is 0 Å². The average Bonchev–Trinajstić information content (AvgIpc) is 2.39. The van der Waals surface area contributed by atoms with Crippen LogP contribution in [0.25, 0.3) is 0 Å². The van der Waals surface area contributed by atoms with Crippen LogP contribution in [-0.4, -0.2) is 13.2 Å². The minimum absolute atomic E-state index is 0.646. The van der Waals surface area contributed by atoms with Crippen molar-refractivity contribution < 1.29 is 4.74 Å². The number of ether oxygens (including phenoxy) is 1. The van der Waals surface area contributed by atoms with E-state index in [2.05, 4.69) is 68.1 Å². The summed E-state index contributed by atoms with van der Waals surface area (Å²) >= 11 is 5.69. The number of halogens is 2. The molecule has 0 saturated carbocycles. The van der Waals surface area contributed by atoms with Crippen molar-refractivity contribution in [2.24, 2.45) is 0 Å². The second-order valence-corrected chi connectivity index (χ2v) is 5.90. The van der Waals surface area contributed by atoms with E-state index in [1.165, 1.54) is 3.57 Å². The third kappa shape index (κ3) is 4.49. The summed E-state index contributed by atoms with van der Waals surface area (Å²) in [4.78, 5) is 0. The molecule has 4 heteroatoms. The molecule has 0 atom stereocenters. The molecule has 1 N–H and O–H groups in total. The maximum absolute atomic E-state index is 5.62. The number of nitrogens with one attached hydrogen (secondary N) is 1. The monoisotopic (exact) mass is 417 g/mol. The van der Waals surface area contributed by atoms with Gasteiger partial charge in [-0.2, -0.15) is 0 Å². The van der Waals surface area contributed by atoms with Crippen LogP contribution in [0.1, 0.15) is 0 Å². The first kappa shape index (κ1) is 13.7. The quantitative estimate of drug-likeness (QED) is 0.569. The molecule has 2 rings (SSSR count). The Kier molecular flexibility index (Phi) is 5.31. The first-order chi connectivity index (χ1) is 8.74. The van der Waals surface area contributed by atoms with Gasteiger partial charge in [0.15, 0.2) is 0 Å². The van der Waals surface area contributed by atoms with Crippen LogP contribution in [0, 0.1) is 3.57 Å². The second-order valence-electron chi connectivity index (χ2n) is 3.74. The number of rotatable bonds is 5. The normalized spacial score (nSPS) is 10.1. The van der Waals surface area contributed by atoms with Crippen molar-refractivity contribution in [3.05, 3.63) is 56.6 Å². The Balaban J connectivity index is 1.73. The van der Waals surface area contributed by atoms with E-state index < -0.39 is 0 Å². The van der Waals surface area contributed by atoms with Gasteiger partial charge in [-0.1, -0.05) is 15.9 Å². The van der Waals surface area contributed by atoms with Crippen LogP contribution >= 0.6 is 38.5 Å². The maximum atomic E-state index is 5.62. The van der Waals surface area contributed by atoms with Gasteiger partial charge in [0.25, 0.3) is 0 Å². The van der Waals surface area contributed by atoms with E-state index in [1.807, 2.05) is 24.3 Å². The van der Waals surface area contributed by atoms with Crippen LogP contribution in [0.2, 0.25) is 0 Å². The lowest BCUT2D eigenvalue weighted by atomic mass is 10.3. The maximum Gasteiger partial charge on any atom is 0.119 e. The summed E-state index contributed by atoms with van der Waals surface area (Å²) in [6.07, 6.45) is 0. The molecule has 0 aliphatic heterocycles. The van der Waals surface area contributed by atoms with E-state index in [9.17, 15) is 0 Å². The Morgan fingerprint density at radius 3 is 2.33 bits per heavy atom. The minimum Gasteiger partial charge on any atom is -0.492 e. The van der Waals surface area contributed by atoms with Crippen LogP contribution in [0.4, 0.5) is 5.69 Å². The van der Waals surface area contributed by atoms with E-state index in [-0.39, 0.29) is 0 Å². The van der Waals surface area contributed by atoms with E-state index in [1.54, 1.807) is 0 Å². The molecular weight excluding hydrogens is 405 g/mol. The summed E-state index contributed by atoms with van der Waals surface area (Å²) in [5.41, 5.74) is 1.12. The van der Waals surface area contributed by atoms with Crippen molar-refractivity contribution in [2.75, 3.05) is 18.5 Å². The zero-order valence-electron chi connectivity index (χ0n) is 9.70. The van der Waals surface area contributed by atoms with Gasteiger partial charge < -0.3 is 10.1 Å². The fourth-order valence-corrected chi connectivity index (χ4v) is 2.09. The highest BCUT2D eigenvalue weighted by Crippen LogP contribution is 2.16. The third-order valence-electron chi connectivity index (χ3n) is 2.36. The SMILES string of the molecule is Brc1ccc(OCCNc2ccc(I)cc2)cc1. The van der Waals surface area contributed by atoms with Crippen molar-refractivity contribution in [3.8, 4) is 5.75 Å². The molecule has 0 heterocycles. The summed E-state index contributed by atoms with van der Waals surface area (Å²) in [5, 5.41) is 3.32. The van der Waals surface area contributed by atoms with E-state index >= 15 is 0 Å². The van der Waals surface area contributed by atoms with Gasteiger partial charge >= 0.3 is 0 Å². The van der Waals surface area contributed by atoms with Gasteiger partial charge in [-0.3, -0.25) is 0 Å². The van der Waals surface area contributed by atoms with Crippen molar-refractivity contribution in [1.82, 2.24) is 0 Å². The number of hydrogen-bond acceptors (Lipinski definition) is 2. The molecule has 18 heavy (non-hydrogen) atoms. The highest BCUT2D eigenvalue weighted by atomic mass is 127. The first-order valence-corrected chi connectivity index (χ1v) is 7.49. The summed E-state index contributed by atoms with van der Waals surface area (Å²) in [6.45, 7) is 1.43. The average molecular weight is 418 g/mol. The van der Waals surface area contributed by atoms with Crippen LogP contribution in [0.5, 0.6) is 5.75 Å². The second kappa shape index (κ2) is 6.99. The molecule has 2 aromatic carbocycles. The molecule has 94 valence electrons. The highest BCUT2D eigenvalue weighted by Gasteiger charge is 1.94. The molecule has 0 aliphatic rings. The van der Waals surface area contributed by atoms with Crippen molar-refractivity contribution in [3.63, 3.8) is 0 Å². The summed E-state index contributed by atoms with van der Waals surface area (Å²) < 4.78 is 7.92. The predicted molar refractivity (Wildman–Crippen MR) is 87.3 cm³/mol. The lowest BCUT2D eigenvalue weighted by Gasteiger charge is -2.08. The van der Waals surface area contributed by atoms with Crippen LogP contribution in [-0.2, 0) is 0 Å². The third-order valence-corrected chi connectivity index (χ3v) is 3.61. The molecule has 0 unspecified atom stereocenters. The van der Waals surface area contributed by atoms with Gasteiger partial charge in [0.05, 0.1) is 0 Å². The molecule has 0 aliphatic carbocycles. The van der Waals surface area contributed by atoms with Gasteiger partial charge in [0.1, 0.15) is 12.4 Å². The molecule has 0 spiro atoms. The topological polar surface area (TPSA) is 21.3 Å². The zero-order valence-corrected chi connectivity index (χ0v) is 13.4. The molecule has 0 radical (unpaired) electrons. The lowest BCUT2D eigenvalue weighted by molar-refractivity contribution is 0.333. The number of anilines is 1. The molecule has 0 saturated heterocycles. The summed E-state index contributed by atoms with van der Waals surface area (Å²) in [7, 11) is 0.